The number of halogens is 1. The number of ether oxygens (including phenoxy) is 2. The summed E-state index contributed by atoms with van der Waals surface area (Å²) in [7, 11) is 0. The Kier molecular flexibility index (Phi) is 7.91. The van der Waals surface area contributed by atoms with Crippen LogP contribution < -0.4 is 5.32 Å². The molecule has 0 saturated carbocycles. The van der Waals surface area contributed by atoms with Crippen LogP contribution >= 0.6 is 15.9 Å². The van der Waals surface area contributed by atoms with E-state index in [-0.39, 0.29) is 18.8 Å². The lowest BCUT2D eigenvalue weighted by atomic mass is 10.1. The summed E-state index contributed by atoms with van der Waals surface area (Å²) < 4.78 is 10.8. The molecular formula is C17H22BrNO5. The number of carbonyl (C=O) groups excluding carboxylic acids is 3. The highest BCUT2D eigenvalue weighted by Gasteiger charge is 2.15. The van der Waals surface area contributed by atoms with E-state index in [4.69, 9.17) is 9.47 Å². The summed E-state index contributed by atoms with van der Waals surface area (Å²) in [5.74, 6) is -0.749. The molecule has 0 aliphatic heterocycles. The SMILES string of the molecule is CC(C)(C)OC(=O)NCCCC(=O)OCC(=O)c1cccc(Br)c1. The maximum absolute atomic E-state index is 11.9. The van der Waals surface area contributed by atoms with Gasteiger partial charge in [-0.05, 0) is 39.3 Å². The molecule has 0 atom stereocenters. The van der Waals surface area contributed by atoms with Gasteiger partial charge >= 0.3 is 12.1 Å². The van der Waals surface area contributed by atoms with E-state index < -0.39 is 17.7 Å². The number of alkyl carbamates (subject to hydrolysis) is 1. The van der Waals surface area contributed by atoms with Gasteiger partial charge in [0.15, 0.2) is 12.4 Å². The molecule has 0 bridgehead atoms. The van der Waals surface area contributed by atoms with Gasteiger partial charge in [0, 0.05) is 23.0 Å². The Labute approximate surface area is 150 Å². The van der Waals surface area contributed by atoms with E-state index in [1.807, 2.05) is 0 Å². The fourth-order valence-corrected chi connectivity index (χ4v) is 2.10. The molecule has 0 fully saturated rings. The van der Waals surface area contributed by atoms with Crippen molar-refractivity contribution >= 4 is 33.8 Å². The maximum Gasteiger partial charge on any atom is 0.407 e. The fourth-order valence-electron chi connectivity index (χ4n) is 1.70. The molecule has 0 unspecified atom stereocenters. The number of ketones is 1. The Morgan fingerprint density at radius 3 is 2.54 bits per heavy atom. The summed E-state index contributed by atoms with van der Waals surface area (Å²) >= 11 is 3.28. The quantitative estimate of drug-likeness (QED) is 0.431. The Bertz CT molecular complexity index is 595. The minimum atomic E-state index is -0.560. The van der Waals surface area contributed by atoms with Crippen LogP contribution in [-0.2, 0) is 14.3 Å². The third kappa shape index (κ3) is 8.67. The van der Waals surface area contributed by atoms with Crippen molar-refractivity contribution in [1.82, 2.24) is 5.32 Å². The van der Waals surface area contributed by atoms with E-state index >= 15 is 0 Å². The molecule has 0 aromatic heterocycles. The minimum Gasteiger partial charge on any atom is -0.457 e. The first-order valence-electron chi connectivity index (χ1n) is 7.58. The summed E-state index contributed by atoms with van der Waals surface area (Å²) in [6.45, 7) is 5.31. The predicted octanol–water partition coefficient (Wildman–Crippen LogP) is 3.48. The van der Waals surface area contributed by atoms with Gasteiger partial charge in [-0.15, -0.1) is 0 Å². The lowest BCUT2D eigenvalue weighted by molar-refractivity contribution is -0.142. The number of benzene rings is 1. The van der Waals surface area contributed by atoms with E-state index in [0.29, 0.717) is 18.5 Å². The van der Waals surface area contributed by atoms with E-state index in [1.165, 1.54) is 0 Å². The van der Waals surface area contributed by atoms with Crippen LogP contribution in [0.1, 0.15) is 44.0 Å². The molecule has 24 heavy (non-hydrogen) atoms. The molecule has 0 saturated heterocycles. The lowest BCUT2D eigenvalue weighted by Crippen LogP contribution is -2.33. The molecule has 132 valence electrons. The van der Waals surface area contributed by atoms with Crippen LogP contribution in [0.4, 0.5) is 4.79 Å². The normalized spacial score (nSPS) is 10.8. The van der Waals surface area contributed by atoms with E-state index in [0.717, 1.165) is 4.47 Å². The van der Waals surface area contributed by atoms with Gasteiger partial charge in [-0.3, -0.25) is 9.59 Å². The number of hydrogen-bond acceptors (Lipinski definition) is 5. The van der Waals surface area contributed by atoms with Gasteiger partial charge in [0.1, 0.15) is 5.60 Å². The van der Waals surface area contributed by atoms with E-state index in [9.17, 15) is 14.4 Å². The Morgan fingerprint density at radius 2 is 1.92 bits per heavy atom. The van der Waals surface area contributed by atoms with Gasteiger partial charge in [0.05, 0.1) is 0 Å². The molecule has 7 heteroatoms. The maximum atomic E-state index is 11.9. The standard InChI is InChI=1S/C17H22BrNO5/c1-17(2,3)24-16(22)19-9-5-8-15(21)23-11-14(20)12-6-4-7-13(18)10-12/h4,6-7,10H,5,8-9,11H2,1-3H3,(H,19,22). The van der Waals surface area contributed by atoms with Gasteiger partial charge in [-0.2, -0.15) is 0 Å². The first-order valence-corrected chi connectivity index (χ1v) is 8.38. The van der Waals surface area contributed by atoms with Gasteiger partial charge in [0.2, 0.25) is 0 Å². The summed E-state index contributed by atoms with van der Waals surface area (Å²) in [5, 5.41) is 2.55. The highest BCUT2D eigenvalue weighted by atomic mass is 79.9. The number of esters is 1. The average Bonchev–Trinajstić information content (AvgIpc) is 2.47. The summed E-state index contributed by atoms with van der Waals surface area (Å²) in [6, 6.07) is 6.87. The number of carbonyl (C=O) groups is 3. The topological polar surface area (TPSA) is 81.7 Å². The number of Topliss-reactive ketones (excluding diaryl/α,β-unsaturated/α-hetero) is 1. The second-order valence-electron chi connectivity index (χ2n) is 6.13. The molecule has 1 amide bonds. The molecule has 6 nitrogen and oxygen atoms in total. The minimum absolute atomic E-state index is 0.113. The molecule has 1 aromatic carbocycles. The van der Waals surface area contributed by atoms with Crippen LogP contribution in [0.2, 0.25) is 0 Å². The molecule has 0 radical (unpaired) electrons. The van der Waals surface area contributed by atoms with Crippen molar-refractivity contribution in [1.29, 1.82) is 0 Å². The molecule has 0 heterocycles. The molecule has 0 aliphatic rings. The monoisotopic (exact) mass is 399 g/mol. The summed E-state index contributed by atoms with van der Waals surface area (Å²) in [6.07, 6.45) is -0.00856. The van der Waals surface area contributed by atoms with Crippen molar-refractivity contribution in [3.63, 3.8) is 0 Å². The Hall–Kier alpha value is -1.89. The molecule has 1 aromatic rings. The molecular weight excluding hydrogens is 378 g/mol. The zero-order chi connectivity index (χ0) is 18.2. The van der Waals surface area contributed by atoms with Gasteiger partial charge in [-0.25, -0.2) is 4.79 Å². The second-order valence-corrected chi connectivity index (χ2v) is 7.04. The number of amides is 1. The number of rotatable bonds is 7. The van der Waals surface area contributed by atoms with Crippen molar-refractivity contribution < 1.29 is 23.9 Å². The highest BCUT2D eigenvalue weighted by Crippen LogP contribution is 2.12. The van der Waals surface area contributed by atoms with Crippen LogP contribution in [0, 0.1) is 0 Å². The molecule has 1 N–H and O–H groups in total. The van der Waals surface area contributed by atoms with Crippen LogP contribution in [-0.4, -0.2) is 36.6 Å². The van der Waals surface area contributed by atoms with E-state index in [1.54, 1.807) is 45.0 Å². The summed E-state index contributed by atoms with van der Waals surface area (Å²) in [4.78, 5) is 34.9. The smallest absolute Gasteiger partial charge is 0.407 e. The van der Waals surface area contributed by atoms with Crippen molar-refractivity contribution in [2.24, 2.45) is 0 Å². The third-order valence-corrected chi connectivity index (χ3v) is 3.23. The van der Waals surface area contributed by atoms with Crippen LogP contribution in [0.5, 0.6) is 0 Å². The zero-order valence-electron chi connectivity index (χ0n) is 14.1. The molecule has 0 aliphatic carbocycles. The van der Waals surface area contributed by atoms with Crippen molar-refractivity contribution in [2.45, 2.75) is 39.2 Å². The highest BCUT2D eigenvalue weighted by molar-refractivity contribution is 9.10. The van der Waals surface area contributed by atoms with Crippen molar-refractivity contribution in [2.75, 3.05) is 13.2 Å². The number of hydrogen-bond donors (Lipinski definition) is 1. The first-order chi connectivity index (χ1) is 11.2. The predicted molar refractivity (Wildman–Crippen MR) is 92.9 cm³/mol. The third-order valence-electron chi connectivity index (χ3n) is 2.74. The van der Waals surface area contributed by atoms with Gasteiger partial charge in [0.25, 0.3) is 0 Å². The average molecular weight is 400 g/mol. The van der Waals surface area contributed by atoms with E-state index in [2.05, 4.69) is 21.2 Å². The van der Waals surface area contributed by atoms with Crippen molar-refractivity contribution in [3.8, 4) is 0 Å². The second kappa shape index (κ2) is 9.42. The molecule has 1 rings (SSSR count). The fraction of sp³-hybridized carbons (Fsp3) is 0.471. The van der Waals surface area contributed by atoms with Crippen molar-refractivity contribution in [3.05, 3.63) is 34.3 Å². The van der Waals surface area contributed by atoms with Gasteiger partial charge in [-0.1, -0.05) is 28.1 Å². The van der Waals surface area contributed by atoms with Gasteiger partial charge < -0.3 is 14.8 Å². The Morgan fingerprint density at radius 1 is 1.21 bits per heavy atom. The molecule has 0 spiro atoms. The lowest BCUT2D eigenvalue weighted by Gasteiger charge is -2.19. The van der Waals surface area contributed by atoms with Crippen LogP contribution in [0.25, 0.3) is 0 Å². The Balaban J connectivity index is 2.20. The number of nitrogens with one attached hydrogen (secondary N) is 1. The summed E-state index contributed by atoms with van der Waals surface area (Å²) in [5.41, 5.74) is -0.0840. The first kappa shape index (κ1) is 20.2. The van der Waals surface area contributed by atoms with Crippen LogP contribution in [0.3, 0.4) is 0 Å². The zero-order valence-corrected chi connectivity index (χ0v) is 15.6. The van der Waals surface area contributed by atoms with Crippen LogP contribution in [0.15, 0.2) is 28.7 Å². The largest absolute Gasteiger partial charge is 0.457 e.